The molecule has 0 bridgehead atoms. The highest BCUT2D eigenvalue weighted by Crippen LogP contribution is 2.24. The van der Waals surface area contributed by atoms with Crippen LogP contribution in [0.5, 0.6) is 0 Å². The first-order valence-corrected chi connectivity index (χ1v) is 12.0. The van der Waals surface area contributed by atoms with Crippen molar-refractivity contribution >= 4 is 22.7 Å². The van der Waals surface area contributed by atoms with Gasteiger partial charge in [0.15, 0.2) is 0 Å². The fraction of sp³-hybridized carbons (Fsp3) is 0.462. The number of aromatic nitrogens is 3. The number of piperidine rings is 1. The molecule has 7 heteroatoms. The summed E-state index contributed by atoms with van der Waals surface area (Å²) in [6.07, 6.45) is 10.4. The lowest BCUT2D eigenvalue weighted by molar-refractivity contribution is 0.0685. The quantitative estimate of drug-likeness (QED) is 0.496. The van der Waals surface area contributed by atoms with E-state index < -0.39 is 0 Å². The fourth-order valence-electron chi connectivity index (χ4n) is 4.43. The van der Waals surface area contributed by atoms with Gasteiger partial charge in [-0.05, 0) is 55.4 Å². The molecule has 174 valence electrons. The summed E-state index contributed by atoms with van der Waals surface area (Å²) in [7, 11) is 0. The lowest BCUT2D eigenvalue weighted by atomic mass is 9.91. The SMILES string of the molecule is CC(C)c1ccc(C(=O)N2CCC(CCCCNC(=O)c3cc4cnccc4[nH]3)CC2)cn1. The van der Waals surface area contributed by atoms with Gasteiger partial charge in [0.25, 0.3) is 11.8 Å². The molecule has 1 aliphatic heterocycles. The van der Waals surface area contributed by atoms with Gasteiger partial charge < -0.3 is 15.2 Å². The average Bonchev–Trinajstić information content (AvgIpc) is 3.28. The topological polar surface area (TPSA) is 91.0 Å². The van der Waals surface area contributed by atoms with Crippen molar-refractivity contribution in [2.24, 2.45) is 5.92 Å². The molecule has 0 unspecified atom stereocenters. The smallest absolute Gasteiger partial charge is 0.267 e. The summed E-state index contributed by atoms with van der Waals surface area (Å²) in [6.45, 7) is 6.49. The van der Waals surface area contributed by atoms with Crippen LogP contribution in [-0.4, -0.2) is 51.3 Å². The monoisotopic (exact) mass is 447 g/mol. The lowest BCUT2D eigenvalue weighted by Gasteiger charge is -2.32. The van der Waals surface area contributed by atoms with Gasteiger partial charge in [-0.15, -0.1) is 0 Å². The summed E-state index contributed by atoms with van der Waals surface area (Å²) in [5.41, 5.74) is 3.19. The van der Waals surface area contributed by atoms with Gasteiger partial charge in [0.05, 0.1) is 5.56 Å². The molecule has 3 aromatic rings. The largest absolute Gasteiger partial charge is 0.351 e. The van der Waals surface area contributed by atoms with Crippen molar-refractivity contribution in [3.8, 4) is 0 Å². The van der Waals surface area contributed by atoms with E-state index in [-0.39, 0.29) is 11.8 Å². The molecule has 0 saturated carbocycles. The molecule has 0 radical (unpaired) electrons. The van der Waals surface area contributed by atoms with Gasteiger partial charge in [-0.25, -0.2) is 0 Å². The van der Waals surface area contributed by atoms with Gasteiger partial charge in [-0.3, -0.25) is 19.6 Å². The second-order valence-corrected chi connectivity index (χ2v) is 9.26. The second kappa shape index (κ2) is 10.6. The number of amides is 2. The predicted molar refractivity (Wildman–Crippen MR) is 129 cm³/mol. The minimum absolute atomic E-state index is 0.0751. The zero-order valence-electron chi connectivity index (χ0n) is 19.5. The fourth-order valence-corrected chi connectivity index (χ4v) is 4.43. The van der Waals surface area contributed by atoms with E-state index in [4.69, 9.17) is 0 Å². The molecule has 0 atom stereocenters. The molecule has 2 N–H and O–H groups in total. The first-order valence-electron chi connectivity index (χ1n) is 12.0. The maximum absolute atomic E-state index is 12.8. The van der Waals surface area contributed by atoms with Gasteiger partial charge in [0.1, 0.15) is 5.69 Å². The number of pyridine rings is 2. The summed E-state index contributed by atoms with van der Waals surface area (Å²) in [6, 6.07) is 7.56. The van der Waals surface area contributed by atoms with Gasteiger partial charge >= 0.3 is 0 Å². The van der Waals surface area contributed by atoms with E-state index in [0.29, 0.717) is 29.6 Å². The lowest BCUT2D eigenvalue weighted by Crippen LogP contribution is -2.38. The number of nitrogens with one attached hydrogen (secondary N) is 2. The number of carbonyl (C=O) groups is 2. The number of likely N-dealkylation sites (tertiary alicyclic amines) is 1. The van der Waals surface area contributed by atoms with Crippen LogP contribution in [0.25, 0.3) is 10.9 Å². The summed E-state index contributed by atoms with van der Waals surface area (Å²) in [5, 5.41) is 3.94. The Bertz CT molecular complexity index is 1050. The Kier molecular flexibility index (Phi) is 7.37. The maximum atomic E-state index is 12.8. The number of H-pyrrole nitrogens is 1. The van der Waals surface area contributed by atoms with E-state index in [1.807, 2.05) is 29.2 Å². The van der Waals surface area contributed by atoms with Gasteiger partial charge in [0.2, 0.25) is 0 Å². The van der Waals surface area contributed by atoms with Gasteiger partial charge in [0, 0.05) is 54.8 Å². The molecule has 1 aliphatic rings. The van der Waals surface area contributed by atoms with Crippen molar-refractivity contribution in [2.45, 2.75) is 51.9 Å². The van der Waals surface area contributed by atoms with Crippen molar-refractivity contribution in [1.29, 1.82) is 0 Å². The van der Waals surface area contributed by atoms with E-state index in [9.17, 15) is 9.59 Å². The Balaban J connectivity index is 1.13. The van der Waals surface area contributed by atoms with Crippen LogP contribution in [0.2, 0.25) is 0 Å². The van der Waals surface area contributed by atoms with E-state index in [0.717, 1.165) is 61.8 Å². The number of aromatic amines is 1. The first-order chi connectivity index (χ1) is 16.0. The number of rotatable bonds is 8. The molecule has 4 rings (SSSR count). The number of hydrogen-bond donors (Lipinski definition) is 2. The number of hydrogen-bond acceptors (Lipinski definition) is 4. The Morgan fingerprint density at radius 3 is 2.67 bits per heavy atom. The van der Waals surface area contributed by atoms with Crippen LogP contribution < -0.4 is 5.32 Å². The van der Waals surface area contributed by atoms with E-state index >= 15 is 0 Å². The molecule has 0 aromatic carbocycles. The Hall–Kier alpha value is -3.22. The van der Waals surface area contributed by atoms with Crippen LogP contribution >= 0.6 is 0 Å². The summed E-state index contributed by atoms with van der Waals surface area (Å²) in [5.74, 6) is 1.03. The van der Waals surface area contributed by atoms with E-state index in [1.165, 1.54) is 0 Å². The summed E-state index contributed by atoms with van der Waals surface area (Å²) < 4.78 is 0. The van der Waals surface area contributed by atoms with Crippen molar-refractivity contribution in [1.82, 2.24) is 25.2 Å². The Morgan fingerprint density at radius 2 is 1.97 bits per heavy atom. The van der Waals surface area contributed by atoms with Crippen LogP contribution in [0.15, 0.2) is 42.9 Å². The Labute approximate surface area is 195 Å². The van der Waals surface area contributed by atoms with Crippen LogP contribution in [0.3, 0.4) is 0 Å². The van der Waals surface area contributed by atoms with Crippen LogP contribution in [0.1, 0.15) is 78.4 Å². The highest BCUT2D eigenvalue weighted by Gasteiger charge is 2.23. The molecule has 4 heterocycles. The minimum Gasteiger partial charge on any atom is -0.351 e. The van der Waals surface area contributed by atoms with Crippen molar-refractivity contribution < 1.29 is 9.59 Å². The zero-order chi connectivity index (χ0) is 23.2. The normalized spacial score (nSPS) is 14.7. The summed E-state index contributed by atoms with van der Waals surface area (Å²) >= 11 is 0. The molecule has 0 aliphatic carbocycles. The van der Waals surface area contributed by atoms with Gasteiger partial charge in [-0.1, -0.05) is 26.7 Å². The van der Waals surface area contributed by atoms with Crippen LogP contribution in [0.4, 0.5) is 0 Å². The zero-order valence-corrected chi connectivity index (χ0v) is 19.5. The third kappa shape index (κ3) is 5.78. The number of fused-ring (bicyclic) bond motifs is 1. The molecule has 2 amide bonds. The molecule has 3 aromatic heterocycles. The predicted octanol–water partition coefficient (Wildman–Crippen LogP) is 4.53. The summed E-state index contributed by atoms with van der Waals surface area (Å²) in [4.78, 5) is 38.7. The maximum Gasteiger partial charge on any atom is 0.267 e. The third-order valence-electron chi connectivity index (χ3n) is 6.52. The van der Waals surface area contributed by atoms with E-state index in [2.05, 4.69) is 34.1 Å². The number of unbranched alkanes of at least 4 members (excludes halogenated alkanes) is 1. The molecule has 0 spiro atoms. The van der Waals surface area contributed by atoms with Crippen LogP contribution in [-0.2, 0) is 0 Å². The standard InChI is InChI=1S/C26H33N5O2/c1-18(2)22-7-6-20(17-29-22)26(33)31-13-9-19(10-14-31)5-3-4-11-28-25(32)24-15-21-16-27-12-8-23(21)30-24/h6-8,12,15-19,30H,3-5,9-11,13-14H2,1-2H3,(H,28,32). The van der Waals surface area contributed by atoms with Crippen LogP contribution in [0, 0.1) is 5.92 Å². The minimum atomic E-state index is -0.0751. The number of nitrogens with zero attached hydrogens (tertiary/aromatic N) is 3. The molecule has 7 nitrogen and oxygen atoms in total. The average molecular weight is 448 g/mol. The molecule has 1 fully saturated rings. The van der Waals surface area contributed by atoms with Crippen molar-refractivity contribution in [3.63, 3.8) is 0 Å². The van der Waals surface area contributed by atoms with Crippen molar-refractivity contribution in [3.05, 3.63) is 59.8 Å². The van der Waals surface area contributed by atoms with Gasteiger partial charge in [-0.2, -0.15) is 0 Å². The number of carbonyl (C=O) groups excluding carboxylic acids is 2. The second-order valence-electron chi connectivity index (χ2n) is 9.26. The molecule has 1 saturated heterocycles. The molecular formula is C26H33N5O2. The Morgan fingerprint density at radius 1 is 1.15 bits per heavy atom. The molecule has 33 heavy (non-hydrogen) atoms. The molecular weight excluding hydrogens is 414 g/mol. The first kappa shape index (κ1) is 23.0. The third-order valence-corrected chi connectivity index (χ3v) is 6.52. The van der Waals surface area contributed by atoms with Crippen molar-refractivity contribution in [2.75, 3.05) is 19.6 Å². The highest BCUT2D eigenvalue weighted by molar-refractivity contribution is 5.97. The van der Waals surface area contributed by atoms with E-state index in [1.54, 1.807) is 18.6 Å². The highest BCUT2D eigenvalue weighted by atomic mass is 16.2.